The van der Waals surface area contributed by atoms with Crippen molar-refractivity contribution in [2.24, 2.45) is 5.92 Å². The zero-order valence-electron chi connectivity index (χ0n) is 14.2. The Morgan fingerprint density at radius 2 is 2.17 bits per heavy atom. The topological polar surface area (TPSA) is 41.0 Å². The van der Waals surface area contributed by atoms with E-state index in [4.69, 9.17) is 11.6 Å². The van der Waals surface area contributed by atoms with Crippen molar-refractivity contribution in [2.75, 3.05) is 6.54 Å². The Morgan fingerprint density at radius 1 is 1.43 bits per heavy atom. The van der Waals surface area contributed by atoms with E-state index in [1.54, 1.807) is 0 Å². The van der Waals surface area contributed by atoms with Crippen molar-refractivity contribution >= 4 is 22.6 Å². The van der Waals surface area contributed by atoms with Crippen LogP contribution in [0.5, 0.6) is 0 Å². The molecule has 0 saturated carbocycles. The monoisotopic (exact) mass is 333 g/mol. The number of rotatable bonds is 3. The fourth-order valence-corrected chi connectivity index (χ4v) is 3.66. The molecule has 0 amide bonds. The van der Waals surface area contributed by atoms with Gasteiger partial charge in [-0.3, -0.25) is 9.47 Å². The molecule has 1 atom stereocenters. The van der Waals surface area contributed by atoms with E-state index in [0.717, 1.165) is 29.7 Å². The first-order valence-electron chi connectivity index (χ1n) is 8.15. The quantitative estimate of drug-likeness (QED) is 0.868. The predicted octanol–water partition coefficient (Wildman–Crippen LogP) is 3.79. The maximum Gasteiger partial charge on any atom is 0.326 e. The van der Waals surface area contributed by atoms with Crippen LogP contribution in [0.25, 0.3) is 11.0 Å². The molecule has 1 aromatic heterocycles. The molecule has 1 aliphatic rings. The third kappa shape index (κ3) is 3.10. The van der Waals surface area contributed by atoms with Crippen LogP contribution in [-0.2, 0) is 13.1 Å². The summed E-state index contributed by atoms with van der Waals surface area (Å²) in [6, 6.07) is 4.15. The number of benzene rings is 1. The lowest BCUT2D eigenvalue weighted by molar-refractivity contribution is 0.150. The zero-order chi connectivity index (χ0) is 16.7. The van der Waals surface area contributed by atoms with Crippen LogP contribution in [0.1, 0.15) is 33.3 Å². The van der Waals surface area contributed by atoms with E-state index < -0.39 is 0 Å². The standard InChI is InChI=1S/C18H24ClN3O/c1-11(2)5-6-21-9-13-7-14(19)8-15-17(13)22(18(23)20-15)10-16(21)12(3)4/h5,7-8,12,16H,6,9-10H2,1-4H3,(H,20,23)/t16-/m1/s1. The molecule has 0 spiro atoms. The van der Waals surface area contributed by atoms with Crippen LogP contribution in [0.3, 0.4) is 0 Å². The Labute approximate surface area is 141 Å². The number of aromatic amines is 1. The van der Waals surface area contributed by atoms with Crippen LogP contribution in [0, 0.1) is 5.92 Å². The molecule has 4 nitrogen and oxygen atoms in total. The third-order valence-electron chi connectivity index (χ3n) is 4.63. The van der Waals surface area contributed by atoms with Gasteiger partial charge in [-0.05, 0) is 37.5 Å². The molecule has 2 aromatic rings. The molecule has 0 unspecified atom stereocenters. The highest BCUT2D eigenvalue weighted by Crippen LogP contribution is 2.29. The second-order valence-corrected chi connectivity index (χ2v) is 7.46. The van der Waals surface area contributed by atoms with E-state index in [2.05, 4.69) is 43.7 Å². The largest absolute Gasteiger partial charge is 0.326 e. The summed E-state index contributed by atoms with van der Waals surface area (Å²) in [5.74, 6) is 0.460. The van der Waals surface area contributed by atoms with E-state index >= 15 is 0 Å². The molecule has 124 valence electrons. The lowest BCUT2D eigenvalue weighted by atomic mass is 10.0. The molecule has 2 heterocycles. The van der Waals surface area contributed by atoms with E-state index in [-0.39, 0.29) is 5.69 Å². The van der Waals surface area contributed by atoms with E-state index in [1.165, 1.54) is 5.57 Å². The molecule has 1 aliphatic heterocycles. The van der Waals surface area contributed by atoms with Crippen molar-refractivity contribution in [1.82, 2.24) is 14.5 Å². The lowest BCUT2D eigenvalue weighted by Gasteiger charge is -2.32. The van der Waals surface area contributed by atoms with Crippen molar-refractivity contribution in [3.8, 4) is 0 Å². The molecular weight excluding hydrogens is 310 g/mol. The third-order valence-corrected chi connectivity index (χ3v) is 4.84. The first-order valence-corrected chi connectivity index (χ1v) is 8.53. The fourth-order valence-electron chi connectivity index (χ4n) is 3.42. The Hall–Kier alpha value is -1.52. The van der Waals surface area contributed by atoms with Gasteiger partial charge in [-0.1, -0.05) is 37.1 Å². The first kappa shape index (κ1) is 16.3. The Morgan fingerprint density at radius 3 is 2.83 bits per heavy atom. The molecule has 5 heteroatoms. The zero-order valence-corrected chi connectivity index (χ0v) is 14.9. The lowest BCUT2D eigenvalue weighted by Crippen LogP contribution is -2.41. The Kier molecular flexibility index (Phi) is 4.39. The predicted molar refractivity (Wildman–Crippen MR) is 96.0 cm³/mol. The minimum absolute atomic E-state index is 0.0433. The highest BCUT2D eigenvalue weighted by Gasteiger charge is 2.28. The number of imidazole rings is 1. The van der Waals surface area contributed by atoms with Crippen molar-refractivity contribution < 1.29 is 0 Å². The second kappa shape index (κ2) is 6.17. The van der Waals surface area contributed by atoms with Gasteiger partial charge in [-0.15, -0.1) is 0 Å². The summed E-state index contributed by atoms with van der Waals surface area (Å²) in [5.41, 5.74) is 4.23. The van der Waals surface area contributed by atoms with Gasteiger partial charge < -0.3 is 4.98 Å². The molecule has 0 bridgehead atoms. The molecular formula is C18H24ClN3O. The van der Waals surface area contributed by atoms with Crippen molar-refractivity contribution in [3.63, 3.8) is 0 Å². The van der Waals surface area contributed by atoms with Gasteiger partial charge in [-0.25, -0.2) is 4.79 Å². The van der Waals surface area contributed by atoms with Gasteiger partial charge in [0.2, 0.25) is 0 Å². The summed E-state index contributed by atoms with van der Waals surface area (Å²) in [7, 11) is 0. The van der Waals surface area contributed by atoms with Gasteiger partial charge in [0.1, 0.15) is 0 Å². The second-order valence-electron chi connectivity index (χ2n) is 7.02. The summed E-state index contributed by atoms with van der Waals surface area (Å²) in [4.78, 5) is 17.8. The van der Waals surface area contributed by atoms with Crippen LogP contribution >= 0.6 is 11.6 Å². The van der Waals surface area contributed by atoms with Gasteiger partial charge in [0, 0.05) is 30.7 Å². The maximum absolute atomic E-state index is 12.4. The van der Waals surface area contributed by atoms with Gasteiger partial charge in [0.15, 0.2) is 0 Å². The SMILES string of the molecule is CC(C)=CCN1Cc2cc(Cl)cc3[nH]c(=O)n(c23)C[C@@H]1C(C)C. The van der Waals surface area contributed by atoms with E-state index in [1.807, 2.05) is 16.7 Å². The van der Waals surface area contributed by atoms with Crippen LogP contribution in [-0.4, -0.2) is 27.0 Å². The van der Waals surface area contributed by atoms with Crippen molar-refractivity contribution in [2.45, 2.75) is 46.8 Å². The smallest absolute Gasteiger partial charge is 0.305 e. The molecule has 0 saturated heterocycles. The summed E-state index contributed by atoms with van der Waals surface area (Å²) >= 11 is 6.25. The molecule has 0 fully saturated rings. The number of aromatic nitrogens is 2. The van der Waals surface area contributed by atoms with Gasteiger partial charge in [0.25, 0.3) is 0 Å². The normalized spacial score (nSPS) is 18.4. The molecule has 3 rings (SSSR count). The summed E-state index contributed by atoms with van der Waals surface area (Å²) < 4.78 is 1.88. The maximum atomic E-state index is 12.4. The average Bonchev–Trinajstić information content (AvgIpc) is 2.65. The molecule has 1 aromatic carbocycles. The number of halogens is 1. The number of allylic oxidation sites excluding steroid dienone is 1. The number of H-pyrrole nitrogens is 1. The van der Waals surface area contributed by atoms with Crippen molar-refractivity contribution in [1.29, 1.82) is 0 Å². The Balaban J connectivity index is 2.13. The molecule has 1 N–H and O–H groups in total. The van der Waals surface area contributed by atoms with Crippen molar-refractivity contribution in [3.05, 3.63) is 44.9 Å². The van der Waals surface area contributed by atoms with Crippen LogP contribution in [0.15, 0.2) is 28.6 Å². The first-order chi connectivity index (χ1) is 10.9. The fraction of sp³-hybridized carbons (Fsp3) is 0.500. The van der Waals surface area contributed by atoms with Crippen LogP contribution < -0.4 is 5.69 Å². The molecule has 0 radical (unpaired) electrons. The van der Waals surface area contributed by atoms with E-state index in [9.17, 15) is 4.79 Å². The highest BCUT2D eigenvalue weighted by molar-refractivity contribution is 6.31. The number of nitrogens with one attached hydrogen (secondary N) is 1. The molecule has 23 heavy (non-hydrogen) atoms. The summed E-state index contributed by atoms with van der Waals surface area (Å²) in [6.07, 6.45) is 2.25. The average molecular weight is 334 g/mol. The highest BCUT2D eigenvalue weighted by atomic mass is 35.5. The summed E-state index contributed by atoms with van der Waals surface area (Å²) in [6.45, 7) is 11.1. The van der Waals surface area contributed by atoms with Gasteiger partial charge >= 0.3 is 5.69 Å². The van der Waals surface area contributed by atoms with Gasteiger partial charge in [-0.2, -0.15) is 0 Å². The number of hydrogen-bond donors (Lipinski definition) is 1. The summed E-state index contributed by atoms with van der Waals surface area (Å²) in [5, 5.41) is 0.672. The minimum Gasteiger partial charge on any atom is -0.305 e. The van der Waals surface area contributed by atoms with Gasteiger partial charge in [0.05, 0.1) is 11.0 Å². The number of nitrogens with zero attached hydrogens (tertiary/aromatic N) is 2. The van der Waals surface area contributed by atoms with E-state index in [0.29, 0.717) is 23.5 Å². The Bertz CT molecular complexity index is 812. The van der Waals surface area contributed by atoms with Crippen LogP contribution in [0.4, 0.5) is 0 Å². The minimum atomic E-state index is -0.0433. The van der Waals surface area contributed by atoms with Crippen LogP contribution in [0.2, 0.25) is 5.02 Å². The number of hydrogen-bond acceptors (Lipinski definition) is 2. The molecule has 0 aliphatic carbocycles.